The van der Waals surface area contributed by atoms with E-state index in [0.29, 0.717) is 48.5 Å². The van der Waals surface area contributed by atoms with Crippen LogP contribution in [-0.4, -0.2) is 59.2 Å². The van der Waals surface area contributed by atoms with Crippen molar-refractivity contribution in [2.45, 2.75) is 4.90 Å². The number of anilines is 1. The summed E-state index contributed by atoms with van der Waals surface area (Å²) >= 11 is 7.11. The van der Waals surface area contributed by atoms with Gasteiger partial charge < -0.3 is 19.5 Å². The molecule has 1 N–H and O–H groups in total. The van der Waals surface area contributed by atoms with Crippen molar-refractivity contribution in [3.8, 4) is 11.5 Å². The van der Waals surface area contributed by atoms with Crippen LogP contribution in [0.25, 0.3) is 0 Å². The number of amides is 1. The average Bonchev–Trinajstić information content (AvgIpc) is 3.21. The second kappa shape index (κ2) is 8.66. The van der Waals surface area contributed by atoms with Crippen molar-refractivity contribution < 1.29 is 27.4 Å². The first-order valence-corrected chi connectivity index (χ1v) is 11.0. The molecule has 1 aromatic heterocycles. The van der Waals surface area contributed by atoms with E-state index in [4.69, 9.17) is 25.8 Å². The van der Waals surface area contributed by atoms with Crippen LogP contribution < -0.4 is 14.8 Å². The van der Waals surface area contributed by atoms with Gasteiger partial charge >= 0.3 is 0 Å². The number of benzene rings is 1. The van der Waals surface area contributed by atoms with E-state index in [9.17, 15) is 13.2 Å². The molecule has 0 radical (unpaired) electrons. The van der Waals surface area contributed by atoms with Gasteiger partial charge in [0.2, 0.25) is 10.0 Å². The molecule has 8 nitrogen and oxygen atoms in total. The van der Waals surface area contributed by atoms with Gasteiger partial charge in [0.15, 0.2) is 0 Å². The van der Waals surface area contributed by atoms with Crippen molar-refractivity contribution >= 4 is 44.6 Å². The number of morpholine rings is 1. The summed E-state index contributed by atoms with van der Waals surface area (Å²) in [7, 11) is -0.745. The van der Waals surface area contributed by atoms with Crippen LogP contribution in [0, 0.1) is 0 Å². The number of rotatable bonds is 6. The Kier molecular flexibility index (Phi) is 6.46. The van der Waals surface area contributed by atoms with E-state index in [0.717, 1.165) is 11.3 Å². The summed E-state index contributed by atoms with van der Waals surface area (Å²) in [6.45, 7) is 1.30. The largest absolute Gasteiger partial charge is 0.495 e. The van der Waals surface area contributed by atoms with E-state index in [1.165, 1.54) is 42.1 Å². The minimum absolute atomic E-state index is 0.0881. The molecule has 3 rings (SSSR count). The minimum Gasteiger partial charge on any atom is -0.495 e. The Morgan fingerprint density at radius 2 is 1.86 bits per heavy atom. The molecule has 0 spiro atoms. The predicted octanol–water partition coefficient (Wildman–Crippen LogP) is 2.69. The van der Waals surface area contributed by atoms with Gasteiger partial charge in [-0.3, -0.25) is 4.79 Å². The van der Waals surface area contributed by atoms with Crippen LogP contribution in [0.3, 0.4) is 0 Å². The van der Waals surface area contributed by atoms with Crippen molar-refractivity contribution in [1.82, 2.24) is 4.31 Å². The van der Waals surface area contributed by atoms with Gasteiger partial charge in [-0.15, -0.1) is 11.3 Å². The number of methoxy groups -OCH3 is 2. The summed E-state index contributed by atoms with van der Waals surface area (Å²) in [5, 5.41) is 4.50. The molecular weight excluding hydrogens is 428 g/mol. The molecule has 0 bridgehead atoms. The summed E-state index contributed by atoms with van der Waals surface area (Å²) < 4.78 is 42.3. The molecule has 1 aliphatic heterocycles. The maximum atomic E-state index is 12.7. The first kappa shape index (κ1) is 20.9. The Morgan fingerprint density at radius 1 is 1.18 bits per heavy atom. The topological polar surface area (TPSA) is 94.2 Å². The monoisotopic (exact) mass is 446 g/mol. The van der Waals surface area contributed by atoms with E-state index in [1.807, 2.05) is 0 Å². The van der Waals surface area contributed by atoms with Crippen molar-refractivity contribution in [3.05, 3.63) is 33.5 Å². The van der Waals surface area contributed by atoms with Gasteiger partial charge in [0.05, 0.1) is 47.9 Å². The van der Waals surface area contributed by atoms with E-state index >= 15 is 0 Å². The molecule has 11 heteroatoms. The van der Waals surface area contributed by atoms with Crippen LogP contribution in [0.2, 0.25) is 5.02 Å². The number of hydrogen-bond acceptors (Lipinski definition) is 7. The third-order valence-corrected chi connectivity index (χ3v) is 7.38. The number of ether oxygens (including phenoxy) is 3. The fourth-order valence-corrected chi connectivity index (χ4v) is 5.45. The first-order chi connectivity index (χ1) is 13.4. The molecule has 1 aromatic carbocycles. The van der Waals surface area contributed by atoms with Gasteiger partial charge in [-0.2, -0.15) is 4.31 Å². The third kappa shape index (κ3) is 4.26. The van der Waals surface area contributed by atoms with Crippen LogP contribution in [0.4, 0.5) is 5.69 Å². The fourth-order valence-electron chi connectivity index (χ4n) is 2.65. The highest BCUT2D eigenvalue weighted by Crippen LogP contribution is 2.36. The van der Waals surface area contributed by atoms with Gasteiger partial charge in [0, 0.05) is 30.6 Å². The highest BCUT2D eigenvalue weighted by atomic mass is 35.5. The molecule has 152 valence electrons. The molecule has 0 saturated carbocycles. The van der Waals surface area contributed by atoms with Crippen molar-refractivity contribution in [2.24, 2.45) is 0 Å². The summed E-state index contributed by atoms with van der Waals surface area (Å²) in [4.78, 5) is 13.0. The number of halogens is 1. The van der Waals surface area contributed by atoms with Crippen LogP contribution in [0.1, 0.15) is 9.67 Å². The van der Waals surface area contributed by atoms with E-state index in [1.54, 1.807) is 0 Å². The molecule has 0 unspecified atom stereocenters. The Hall–Kier alpha value is -1.85. The number of nitrogens with zero attached hydrogens (tertiary/aromatic N) is 1. The number of hydrogen-bond donors (Lipinski definition) is 1. The lowest BCUT2D eigenvalue weighted by Crippen LogP contribution is -2.40. The number of thiophene rings is 1. The van der Waals surface area contributed by atoms with Crippen LogP contribution >= 0.6 is 22.9 Å². The van der Waals surface area contributed by atoms with Crippen LogP contribution in [0.15, 0.2) is 28.5 Å². The molecule has 2 heterocycles. The van der Waals surface area contributed by atoms with E-state index < -0.39 is 15.9 Å². The molecule has 1 amide bonds. The van der Waals surface area contributed by atoms with E-state index in [-0.39, 0.29) is 9.77 Å². The lowest BCUT2D eigenvalue weighted by atomic mass is 10.2. The Bertz CT molecular complexity index is 970. The molecule has 1 fully saturated rings. The zero-order chi connectivity index (χ0) is 20.3. The molecule has 1 saturated heterocycles. The molecular formula is C17H19ClN2O6S2. The molecule has 0 aliphatic carbocycles. The summed E-state index contributed by atoms with van der Waals surface area (Å²) in [6.07, 6.45) is 0. The van der Waals surface area contributed by atoms with Gasteiger partial charge in [-0.05, 0) is 6.07 Å². The minimum atomic E-state index is -3.66. The standard InChI is InChI=1S/C17H19ClN2O6S2/c1-24-14-9-13(15(25-2)8-12(14)18)19-17(21)16-7-11(10-27-16)28(22,23)20-3-5-26-6-4-20/h7-10H,3-6H2,1-2H3,(H,19,21). The number of carbonyl (C=O) groups excluding carboxylic acids is 1. The van der Waals surface area contributed by atoms with Crippen LogP contribution in [-0.2, 0) is 14.8 Å². The Labute approximate surface area is 172 Å². The second-order valence-corrected chi connectivity index (χ2v) is 9.06. The first-order valence-electron chi connectivity index (χ1n) is 8.26. The Morgan fingerprint density at radius 3 is 2.50 bits per heavy atom. The smallest absolute Gasteiger partial charge is 0.265 e. The van der Waals surface area contributed by atoms with Crippen LogP contribution in [0.5, 0.6) is 11.5 Å². The number of carbonyl (C=O) groups is 1. The average molecular weight is 447 g/mol. The quantitative estimate of drug-likeness (QED) is 0.733. The highest BCUT2D eigenvalue weighted by Gasteiger charge is 2.28. The maximum absolute atomic E-state index is 12.7. The van der Waals surface area contributed by atoms with Gasteiger partial charge in [-0.1, -0.05) is 11.6 Å². The lowest BCUT2D eigenvalue weighted by molar-refractivity contribution is 0.0730. The van der Waals surface area contributed by atoms with Gasteiger partial charge in [0.25, 0.3) is 5.91 Å². The Balaban J connectivity index is 1.81. The molecule has 28 heavy (non-hydrogen) atoms. The molecule has 2 aromatic rings. The highest BCUT2D eigenvalue weighted by molar-refractivity contribution is 7.89. The third-order valence-electron chi connectivity index (χ3n) is 4.13. The fraction of sp³-hybridized carbons (Fsp3) is 0.353. The summed E-state index contributed by atoms with van der Waals surface area (Å²) in [6, 6.07) is 4.43. The summed E-state index contributed by atoms with van der Waals surface area (Å²) in [5.74, 6) is 0.271. The second-order valence-electron chi connectivity index (χ2n) is 5.80. The van der Waals surface area contributed by atoms with Gasteiger partial charge in [0.1, 0.15) is 11.5 Å². The van der Waals surface area contributed by atoms with E-state index in [2.05, 4.69) is 5.32 Å². The number of nitrogens with one attached hydrogen (secondary N) is 1. The zero-order valence-corrected chi connectivity index (χ0v) is 17.6. The molecule has 0 atom stereocenters. The summed E-state index contributed by atoms with van der Waals surface area (Å²) in [5.41, 5.74) is 0.361. The van der Waals surface area contributed by atoms with Crippen molar-refractivity contribution in [1.29, 1.82) is 0 Å². The lowest BCUT2D eigenvalue weighted by Gasteiger charge is -2.25. The zero-order valence-electron chi connectivity index (χ0n) is 15.2. The molecule has 1 aliphatic rings. The number of sulfonamides is 1. The van der Waals surface area contributed by atoms with Gasteiger partial charge in [-0.25, -0.2) is 8.42 Å². The van der Waals surface area contributed by atoms with Crippen molar-refractivity contribution in [3.63, 3.8) is 0 Å². The SMILES string of the molecule is COc1cc(NC(=O)c2cc(S(=O)(=O)N3CCOCC3)cs2)c(OC)cc1Cl. The van der Waals surface area contributed by atoms with Crippen molar-refractivity contribution in [2.75, 3.05) is 45.8 Å². The maximum Gasteiger partial charge on any atom is 0.265 e. The predicted molar refractivity (Wildman–Crippen MR) is 106 cm³/mol. The normalized spacial score (nSPS) is 15.2.